The second kappa shape index (κ2) is 7.67. The molecule has 0 bridgehead atoms. The number of nitrogens with zero attached hydrogens (tertiary/aromatic N) is 1. The van der Waals surface area contributed by atoms with Gasteiger partial charge in [-0.1, -0.05) is 11.6 Å². The number of rotatable bonds is 7. The molecule has 2 aromatic rings. The summed E-state index contributed by atoms with van der Waals surface area (Å²) < 4.78 is 43.1. The Bertz CT molecular complexity index is 898. The highest BCUT2D eigenvalue weighted by atomic mass is 35.5. The molecule has 1 amide bonds. The molecule has 2 heterocycles. The number of furan rings is 1. The highest BCUT2D eigenvalue weighted by molar-refractivity contribution is 7.89. The Morgan fingerprint density at radius 3 is 2.88 bits per heavy atom. The van der Waals surface area contributed by atoms with Gasteiger partial charge in [0.2, 0.25) is 10.0 Å². The number of nitrogens with one attached hydrogen (secondary N) is 1. The van der Waals surface area contributed by atoms with Gasteiger partial charge >= 0.3 is 0 Å². The van der Waals surface area contributed by atoms with Gasteiger partial charge in [0.1, 0.15) is 16.4 Å². The van der Waals surface area contributed by atoms with E-state index in [0.717, 1.165) is 0 Å². The van der Waals surface area contributed by atoms with Gasteiger partial charge in [0.05, 0.1) is 30.1 Å². The van der Waals surface area contributed by atoms with Crippen molar-refractivity contribution in [3.05, 3.63) is 41.3 Å². The minimum absolute atomic E-state index is 0.0172. The van der Waals surface area contributed by atoms with Crippen molar-refractivity contribution < 1.29 is 27.1 Å². The molecule has 0 fully saturated rings. The zero-order valence-corrected chi connectivity index (χ0v) is 15.5. The van der Waals surface area contributed by atoms with E-state index in [1.54, 1.807) is 12.1 Å². The summed E-state index contributed by atoms with van der Waals surface area (Å²) >= 11 is 6.19. The Labute approximate surface area is 155 Å². The van der Waals surface area contributed by atoms with Crippen molar-refractivity contribution >= 4 is 33.2 Å². The van der Waals surface area contributed by atoms with E-state index >= 15 is 0 Å². The number of amides is 1. The second-order valence-corrected chi connectivity index (χ2v) is 7.84. The lowest BCUT2D eigenvalue weighted by Gasteiger charge is -2.24. The van der Waals surface area contributed by atoms with Crippen molar-refractivity contribution in [1.29, 1.82) is 0 Å². The Morgan fingerprint density at radius 2 is 2.19 bits per heavy atom. The molecule has 1 aromatic carbocycles. The van der Waals surface area contributed by atoms with Crippen LogP contribution in [0.5, 0.6) is 5.75 Å². The maximum Gasteiger partial charge on any atom is 0.262 e. The van der Waals surface area contributed by atoms with Gasteiger partial charge in [-0.15, -0.1) is 0 Å². The number of hydrogen-bond donors (Lipinski definition) is 1. The average molecular weight is 401 g/mol. The molecule has 8 nitrogen and oxygen atoms in total. The van der Waals surface area contributed by atoms with Gasteiger partial charge in [-0.2, -0.15) is 4.31 Å². The molecule has 26 heavy (non-hydrogen) atoms. The monoisotopic (exact) mass is 400 g/mol. The van der Waals surface area contributed by atoms with E-state index in [4.69, 9.17) is 25.5 Å². The highest BCUT2D eigenvalue weighted by Gasteiger charge is 2.30. The predicted molar refractivity (Wildman–Crippen MR) is 93.8 cm³/mol. The van der Waals surface area contributed by atoms with Crippen LogP contribution in [0.1, 0.15) is 5.76 Å². The molecule has 1 N–H and O–H groups in total. The molecule has 0 aliphatic carbocycles. The predicted octanol–water partition coefficient (Wildman–Crippen LogP) is 2.10. The van der Waals surface area contributed by atoms with Crippen LogP contribution in [0.25, 0.3) is 0 Å². The first-order valence-corrected chi connectivity index (χ1v) is 9.51. The third-order valence-corrected chi connectivity index (χ3v) is 6.05. The molecular formula is C16H17ClN2O6S. The summed E-state index contributed by atoms with van der Waals surface area (Å²) in [6.45, 7) is 0.164. The van der Waals surface area contributed by atoms with Gasteiger partial charge in [-0.05, 0) is 18.2 Å². The SMILES string of the molecule is COCCN(Cc1ccco1)S(=O)(=O)c1cc2c(cc1Cl)NC(=O)CO2. The minimum atomic E-state index is -3.96. The van der Waals surface area contributed by atoms with E-state index in [-0.39, 0.29) is 47.9 Å². The summed E-state index contributed by atoms with van der Waals surface area (Å²) in [5.74, 6) is 0.406. The molecule has 0 unspecified atom stereocenters. The van der Waals surface area contributed by atoms with Crippen molar-refractivity contribution in [2.45, 2.75) is 11.4 Å². The molecule has 0 saturated heterocycles. The van der Waals surface area contributed by atoms with Crippen molar-refractivity contribution in [3.63, 3.8) is 0 Å². The van der Waals surface area contributed by atoms with Crippen LogP contribution in [-0.4, -0.2) is 45.5 Å². The first-order valence-electron chi connectivity index (χ1n) is 7.69. The fourth-order valence-corrected chi connectivity index (χ4v) is 4.38. The number of sulfonamides is 1. The maximum atomic E-state index is 13.1. The number of ether oxygens (including phenoxy) is 2. The first kappa shape index (κ1) is 18.7. The van der Waals surface area contributed by atoms with Crippen molar-refractivity contribution in [1.82, 2.24) is 4.31 Å². The Morgan fingerprint density at radius 1 is 1.38 bits per heavy atom. The van der Waals surface area contributed by atoms with Crippen LogP contribution < -0.4 is 10.1 Å². The topological polar surface area (TPSA) is 98.1 Å². The molecule has 1 aliphatic heterocycles. The van der Waals surface area contributed by atoms with Crippen molar-refractivity contribution in [2.24, 2.45) is 0 Å². The number of fused-ring (bicyclic) bond motifs is 1. The number of halogens is 1. The summed E-state index contributed by atoms with van der Waals surface area (Å²) in [4.78, 5) is 11.3. The van der Waals surface area contributed by atoms with E-state index in [1.807, 2.05) is 0 Å². The van der Waals surface area contributed by atoms with Gasteiger partial charge in [-0.25, -0.2) is 8.42 Å². The molecule has 140 valence electrons. The van der Waals surface area contributed by atoms with Crippen LogP contribution in [0.4, 0.5) is 5.69 Å². The van der Waals surface area contributed by atoms with E-state index in [1.165, 1.54) is 29.8 Å². The fraction of sp³-hybridized carbons (Fsp3) is 0.312. The van der Waals surface area contributed by atoms with Gasteiger partial charge in [0.15, 0.2) is 6.61 Å². The first-order chi connectivity index (χ1) is 12.4. The van der Waals surface area contributed by atoms with Crippen LogP contribution in [0.3, 0.4) is 0 Å². The molecule has 10 heteroatoms. The number of hydrogen-bond acceptors (Lipinski definition) is 6. The van der Waals surface area contributed by atoms with E-state index in [0.29, 0.717) is 11.4 Å². The summed E-state index contributed by atoms with van der Waals surface area (Å²) in [6, 6.07) is 6.04. The van der Waals surface area contributed by atoms with E-state index in [9.17, 15) is 13.2 Å². The van der Waals surface area contributed by atoms with E-state index < -0.39 is 10.0 Å². The number of benzene rings is 1. The Balaban J connectivity index is 1.97. The van der Waals surface area contributed by atoms with Crippen LogP contribution in [0.15, 0.2) is 39.8 Å². The summed E-state index contributed by atoms with van der Waals surface area (Å²) in [6.07, 6.45) is 1.47. The summed E-state index contributed by atoms with van der Waals surface area (Å²) in [5.41, 5.74) is 0.333. The molecule has 0 spiro atoms. The lowest BCUT2D eigenvalue weighted by Crippen LogP contribution is -2.34. The lowest BCUT2D eigenvalue weighted by molar-refractivity contribution is -0.118. The molecular weight excluding hydrogens is 384 g/mol. The maximum absolute atomic E-state index is 13.1. The number of carbonyl (C=O) groups is 1. The van der Waals surface area contributed by atoms with Gasteiger partial charge in [-0.3, -0.25) is 4.79 Å². The summed E-state index contributed by atoms with van der Waals surface area (Å²) in [5, 5.41) is 2.57. The third kappa shape index (κ3) is 3.85. The minimum Gasteiger partial charge on any atom is -0.482 e. The zero-order valence-electron chi connectivity index (χ0n) is 13.9. The number of carbonyl (C=O) groups excluding carboxylic acids is 1. The average Bonchev–Trinajstić information content (AvgIpc) is 3.10. The van der Waals surface area contributed by atoms with Crippen LogP contribution >= 0.6 is 11.6 Å². The second-order valence-electron chi connectivity index (χ2n) is 5.53. The van der Waals surface area contributed by atoms with Crippen LogP contribution in [-0.2, 0) is 26.1 Å². The molecule has 1 aliphatic rings. The molecule has 0 atom stereocenters. The Kier molecular flexibility index (Phi) is 5.52. The smallest absolute Gasteiger partial charge is 0.262 e. The standard InChI is InChI=1S/C16H17ClN2O6S/c1-23-6-4-19(9-11-3-2-5-24-11)26(21,22)15-8-14-13(7-12(15)17)18-16(20)10-25-14/h2-3,5,7-8H,4,6,9-10H2,1H3,(H,18,20). The van der Waals surface area contributed by atoms with Crippen LogP contribution in [0.2, 0.25) is 5.02 Å². The lowest BCUT2D eigenvalue weighted by atomic mass is 10.2. The van der Waals surface area contributed by atoms with Crippen molar-refractivity contribution in [2.75, 3.05) is 32.2 Å². The van der Waals surface area contributed by atoms with Crippen molar-refractivity contribution in [3.8, 4) is 5.75 Å². The molecule has 0 radical (unpaired) electrons. The highest BCUT2D eigenvalue weighted by Crippen LogP contribution is 2.37. The van der Waals surface area contributed by atoms with Gasteiger partial charge in [0, 0.05) is 19.7 Å². The van der Waals surface area contributed by atoms with Gasteiger partial charge < -0.3 is 19.2 Å². The normalized spacial score (nSPS) is 14.0. The summed E-state index contributed by atoms with van der Waals surface area (Å²) in [7, 11) is -2.47. The molecule has 0 saturated carbocycles. The quantitative estimate of drug-likeness (QED) is 0.764. The number of anilines is 1. The Hall–Kier alpha value is -2.07. The fourth-order valence-electron chi connectivity index (χ4n) is 2.47. The third-order valence-electron chi connectivity index (χ3n) is 3.74. The largest absolute Gasteiger partial charge is 0.482 e. The van der Waals surface area contributed by atoms with Crippen LogP contribution in [0, 0.1) is 0 Å². The molecule has 1 aromatic heterocycles. The van der Waals surface area contributed by atoms with Gasteiger partial charge in [0.25, 0.3) is 5.91 Å². The number of methoxy groups -OCH3 is 1. The molecule has 3 rings (SSSR count). The zero-order chi connectivity index (χ0) is 18.7. The van der Waals surface area contributed by atoms with E-state index in [2.05, 4.69) is 5.32 Å².